The standard InChI is InChI=1S/C17H20ClN3O/c1-4-11(2)12(3)14-7-5-13(6-8-14)10-22-16-15(19)9-20-17(18)21-16/h5-9H,4,10,19H2,1-3H3. The minimum absolute atomic E-state index is 0.121. The summed E-state index contributed by atoms with van der Waals surface area (Å²) in [7, 11) is 0. The van der Waals surface area contributed by atoms with E-state index in [1.807, 2.05) is 12.1 Å². The number of nitrogens with two attached hydrogens (primary N) is 1. The van der Waals surface area contributed by atoms with Crippen molar-refractivity contribution < 1.29 is 4.74 Å². The van der Waals surface area contributed by atoms with Gasteiger partial charge in [0.25, 0.3) is 0 Å². The maximum atomic E-state index is 5.75. The minimum Gasteiger partial charge on any atom is -0.471 e. The Morgan fingerprint density at radius 1 is 1.23 bits per heavy atom. The molecule has 5 heteroatoms. The third kappa shape index (κ3) is 3.98. The number of hydrogen-bond acceptors (Lipinski definition) is 4. The number of hydrogen-bond donors (Lipinski definition) is 1. The van der Waals surface area contributed by atoms with Crippen molar-refractivity contribution in [3.8, 4) is 5.88 Å². The van der Waals surface area contributed by atoms with Crippen LogP contribution in [-0.4, -0.2) is 9.97 Å². The smallest absolute Gasteiger partial charge is 0.241 e. The van der Waals surface area contributed by atoms with E-state index in [1.165, 1.54) is 22.9 Å². The zero-order chi connectivity index (χ0) is 16.1. The van der Waals surface area contributed by atoms with Crippen LogP contribution in [0.5, 0.6) is 5.88 Å². The van der Waals surface area contributed by atoms with Crippen LogP contribution >= 0.6 is 11.6 Å². The number of allylic oxidation sites excluding steroid dienone is 2. The highest BCUT2D eigenvalue weighted by Gasteiger charge is 2.05. The van der Waals surface area contributed by atoms with E-state index in [-0.39, 0.29) is 5.28 Å². The van der Waals surface area contributed by atoms with Crippen LogP contribution in [0.4, 0.5) is 5.69 Å². The molecule has 1 aromatic carbocycles. The van der Waals surface area contributed by atoms with E-state index < -0.39 is 0 Å². The molecule has 2 aromatic rings. The molecule has 0 fully saturated rings. The second-order valence-corrected chi connectivity index (χ2v) is 5.48. The van der Waals surface area contributed by atoms with E-state index in [1.54, 1.807) is 0 Å². The molecular formula is C17H20ClN3O. The Hall–Kier alpha value is -2.07. The van der Waals surface area contributed by atoms with Gasteiger partial charge >= 0.3 is 0 Å². The van der Waals surface area contributed by atoms with E-state index in [4.69, 9.17) is 22.1 Å². The van der Waals surface area contributed by atoms with E-state index in [9.17, 15) is 0 Å². The molecule has 22 heavy (non-hydrogen) atoms. The van der Waals surface area contributed by atoms with Crippen LogP contribution in [0.15, 0.2) is 36.0 Å². The second kappa shape index (κ2) is 7.27. The molecule has 0 aliphatic rings. The molecule has 1 heterocycles. The van der Waals surface area contributed by atoms with E-state index in [0.717, 1.165) is 12.0 Å². The lowest BCUT2D eigenvalue weighted by atomic mass is 10.00. The summed E-state index contributed by atoms with van der Waals surface area (Å²) >= 11 is 5.73. The normalized spacial score (nSPS) is 12.0. The minimum atomic E-state index is 0.121. The SMILES string of the molecule is CCC(C)=C(C)c1ccc(COc2nc(Cl)ncc2N)cc1. The lowest BCUT2D eigenvalue weighted by Gasteiger charge is -2.09. The summed E-state index contributed by atoms with van der Waals surface area (Å²) in [5.41, 5.74) is 11.1. The monoisotopic (exact) mass is 317 g/mol. The fourth-order valence-corrected chi connectivity index (χ4v) is 2.11. The van der Waals surface area contributed by atoms with Crippen molar-refractivity contribution in [2.75, 3.05) is 5.73 Å². The number of benzene rings is 1. The summed E-state index contributed by atoms with van der Waals surface area (Å²) in [6.07, 6.45) is 2.50. The van der Waals surface area contributed by atoms with Gasteiger partial charge in [0.2, 0.25) is 11.2 Å². The summed E-state index contributed by atoms with van der Waals surface area (Å²) in [6.45, 7) is 6.85. The quantitative estimate of drug-likeness (QED) is 0.825. The van der Waals surface area contributed by atoms with Crippen LogP contribution in [-0.2, 0) is 6.61 Å². The first-order valence-corrected chi connectivity index (χ1v) is 7.55. The molecule has 2 N–H and O–H groups in total. The fraction of sp³-hybridized carbons (Fsp3) is 0.294. The molecule has 0 saturated heterocycles. The first-order valence-electron chi connectivity index (χ1n) is 7.17. The van der Waals surface area contributed by atoms with Crippen LogP contribution in [0.2, 0.25) is 5.28 Å². The topological polar surface area (TPSA) is 61.0 Å². The summed E-state index contributed by atoms with van der Waals surface area (Å²) in [6, 6.07) is 8.29. The molecule has 4 nitrogen and oxygen atoms in total. The number of halogens is 1. The predicted molar refractivity (Wildman–Crippen MR) is 90.8 cm³/mol. The van der Waals surface area contributed by atoms with Gasteiger partial charge in [-0.25, -0.2) is 4.98 Å². The molecule has 0 radical (unpaired) electrons. The highest BCUT2D eigenvalue weighted by molar-refractivity contribution is 6.28. The Balaban J connectivity index is 2.07. The molecule has 0 spiro atoms. The van der Waals surface area contributed by atoms with Crippen LogP contribution in [0.3, 0.4) is 0 Å². The Kier molecular flexibility index (Phi) is 5.39. The van der Waals surface area contributed by atoms with Crippen molar-refractivity contribution >= 4 is 22.9 Å². The van der Waals surface area contributed by atoms with Crippen LogP contribution in [0.25, 0.3) is 5.57 Å². The number of nitrogen functional groups attached to an aromatic ring is 1. The third-order valence-corrected chi connectivity index (χ3v) is 3.87. The fourth-order valence-electron chi connectivity index (χ4n) is 1.99. The molecule has 0 aliphatic heterocycles. The lowest BCUT2D eigenvalue weighted by molar-refractivity contribution is 0.295. The van der Waals surface area contributed by atoms with Gasteiger partial charge in [-0.1, -0.05) is 36.8 Å². The first-order chi connectivity index (χ1) is 10.5. The zero-order valence-electron chi connectivity index (χ0n) is 13.1. The first kappa shape index (κ1) is 16.3. The number of anilines is 1. The van der Waals surface area contributed by atoms with Crippen LogP contribution in [0.1, 0.15) is 38.3 Å². The van der Waals surface area contributed by atoms with Gasteiger partial charge in [-0.15, -0.1) is 0 Å². The summed E-state index contributed by atoms with van der Waals surface area (Å²) in [5, 5.41) is 0.121. The molecule has 1 aromatic heterocycles. The van der Waals surface area contributed by atoms with Crippen LogP contribution < -0.4 is 10.5 Å². The molecule has 0 saturated carbocycles. The summed E-state index contributed by atoms with van der Waals surface area (Å²) in [5.74, 6) is 0.307. The molecule has 116 valence electrons. The van der Waals surface area contributed by atoms with E-state index in [0.29, 0.717) is 18.2 Å². The summed E-state index contributed by atoms with van der Waals surface area (Å²) < 4.78 is 5.60. The Labute approximate surface area is 136 Å². The third-order valence-electron chi connectivity index (χ3n) is 3.68. The molecule has 0 aliphatic carbocycles. The van der Waals surface area contributed by atoms with Gasteiger partial charge in [0.1, 0.15) is 12.3 Å². The molecule has 0 amide bonds. The van der Waals surface area contributed by atoms with Gasteiger partial charge in [0, 0.05) is 0 Å². The Morgan fingerprint density at radius 2 is 1.91 bits per heavy atom. The second-order valence-electron chi connectivity index (χ2n) is 5.14. The van der Waals surface area contributed by atoms with Crippen molar-refractivity contribution in [1.82, 2.24) is 9.97 Å². The number of rotatable bonds is 5. The number of ether oxygens (including phenoxy) is 1. The van der Waals surface area contributed by atoms with Crippen molar-refractivity contribution in [3.05, 3.63) is 52.4 Å². The van der Waals surface area contributed by atoms with Gasteiger partial charge in [-0.3, -0.25) is 0 Å². The maximum absolute atomic E-state index is 5.75. The lowest BCUT2D eigenvalue weighted by Crippen LogP contribution is -2.02. The molecule has 0 unspecified atom stereocenters. The van der Waals surface area contributed by atoms with Gasteiger partial charge in [-0.05, 0) is 48.6 Å². The molecular weight excluding hydrogens is 298 g/mol. The van der Waals surface area contributed by atoms with Crippen molar-refractivity contribution in [1.29, 1.82) is 0 Å². The maximum Gasteiger partial charge on any atom is 0.241 e. The van der Waals surface area contributed by atoms with Crippen LogP contribution in [0, 0.1) is 0 Å². The van der Waals surface area contributed by atoms with Crippen molar-refractivity contribution in [3.63, 3.8) is 0 Å². The summed E-state index contributed by atoms with van der Waals surface area (Å²) in [4.78, 5) is 7.76. The van der Waals surface area contributed by atoms with Gasteiger partial charge in [0.15, 0.2) is 0 Å². The molecule has 0 atom stereocenters. The van der Waals surface area contributed by atoms with Gasteiger partial charge < -0.3 is 10.5 Å². The Bertz CT molecular complexity index is 681. The highest BCUT2D eigenvalue weighted by Crippen LogP contribution is 2.22. The highest BCUT2D eigenvalue weighted by atomic mass is 35.5. The van der Waals surface area contributed by atoms with Crippen molar-refractivity contribution in [2.24, 2.45) is 0 Å². The van der Waals surface area contributed by atoms with Gasteiger partial charge in [-0.2, -0.15) is 4.98 Å². The Morgan fingerprint density at radius 3 is 2.55 bits per heavy atom. The van der Waals surface area contributed by atoms with E-state index in [2.05, 4.69) is 42.9 Å². The predicted octanol–water partition coefficient (Wildman–Crippen LogP) is 4.49. The number of aromatic nitrogens is 2. The largest absolute Gasteiger partial charge is 0.471 e. The average Bonchev–Trinajstić information content (AvgIpc) is 2.54. The molecule has 2 rings (SSSR count). The van der Waals surface area contributed by atoms with Crippen molar-refractivity contribution in [2.45, 2.75) is 33.8 Å². The van der Waals surface area contributed by atoms with E-state index >= 15 is 0 Å². The zero-order valence-corrected chi connectivity index (χ0v) is 13.8. The molecule has 0 bridgehead atoms. The van der Waals surface area contributed by atoms with Gasteiger partial charge in [0.05, 0.1) is 6.20 Å². The number of nitrogens with zero attached hydrogens (tertiary/aromatic N) is 2. The average molecular weight is 318 g/mol.